The topological polar surface area (TPSA) is 72.4 Å². The van der Waals surface area contributed by atoms with Gasteiger partial charge >= 0.3 is 0 Å². The summed E-state index contributed by atoms with van der Waals surface area (Å²) in [5, 5.41) is 10.9. The van der Waals surface area contributed by atoms with Gasteiger partial charge in [-0.15, -0.1) is 0 Å². The molecule has 5 nitrogen and oxygen atoms in total. The first-order valence-electron chi connectivity index (χ1n) is 7.27. The Hall–Kier alpha value is -1.78. The molecule has 1 aromatic rings. The van der Waals surface area contributed by atoms with Crippen LogP contribution in [0.3, 0.4) is 0 Å². The molecule has 0 saturated carbocycles. The van der Waals surface area contributed by atoms with E-state index in [1.165, 1.54) is 12.5 Å². The Morgan fingerprint density at radius 3 is 2.70 bits per heavy atom. The Morgan fingerprint density at radius 2 is 2.05 bits per heavy atom. The minimum atomic E-state index is -0.380. The van der Waals surface area contributed by atoms with Crippen LogP contribution in [0.4, 0.5) is 17.1 Å². The third-order valence-electron chi connectivity index (χ3n) is 4.22. The maximum Gasteiger partial charge on any atom is 0.273 e. The van der Waals surface area contributed by atoms with Crippen molar-refractivity contribution >= 4 is 17.1 Å². The zero-order chi connectivity index (χ0) is 14.7. The highest BCUT2D eigenvalue weighted by Gasteiger charge is 2.21. The van der Waals surface area contributed by atoms with E-state index >= 15 is 0 Å². The van der Waals surface area contributed by atoms with Crippen LogP contribution in [0.5, 0.6) is 0 Å². The van der Waals surface area contributed by atoms with Crippen LogP contribution in [0, 0.1) is 22.0 Å². The largest absolute Gasteiger partial charge is 0.398 e. The third kappa shape index (κ3) is 3.40. The quantitative estimate of drug-likeness (QED) is 0.522. The SMILES string of the molecule is CC(C)C1CCCN(c2cc(N)cc([N+](=O)[O-])c2)CC1. The Morgan fingerprint density at radius 1 is 1.30 bits per heavy atom. The zero-order valence-electron chi connectivity index (χ0n) is 12.2. The lowest BCUT2D eigenvalue weighted by atomic mass is 9.89. The van der Waals surface area contributed by atoms with Gasteiger partial charge in [-0.3, -0.25) is 10.1 Å². The standard InChI is InChI=1S/C15H23N3O2/c1-11(2)12-4-3-6-17(7-5-12)14-8-13(16)9-15(10-14)18(19)20/h8-12H,3-7,16H2,1-2H3. The number of nitro groups is 1. The molecular weight excluding hydrogens is 254 g/mol. The van der Waals surface area contributed by atoms with E-state index in [-0.39, 0.29) is 10.6 Å². The van der Waals surface area contributed by atoms with Crippen LogP contribution in [-0.4, -0.2) is 18.0 Å². The molecule has 1 fully saturated rings. The summed E-state index contributed by atoms with van der Waals surface area (Å²) in [6.45, 7) is 6.44. The molecule has 1 atom stereocenters. The monoisotopic (exact) mass is 277 g/mol. The Bertz CT molecular complexity index is 488. The lowest BCUT2D eigenvalue weighted by molar-refractivity contribution is -0.384. The minimum absolute atomic E-state index is 0.0738. The first kappa shape index (κ1) is 14.6. The van der Waals surface area contributed by atoms with Gasteiger partial charge in [-0.1, -0.05) is 13.8 Å². The average molecular weight is 277 g/mol. The molecule has 1 aliphatic heterocycles. The smallest absolute Gasteiger partial charge is 0.273 e. The second-order valence-corrected chi connectivity index (χ2v) is 5.96. The maximum atomic E-state index is 10.9. The summed E-state index contributed by atoms with van der Waals surface area (Å²) in [6.07, 6.45) is 3.50. The number of nitrogen functional groups attached to an aromatic ring is 1. The molecule has 0 amide bonds. The van der Waals surface area contributed by atoms with Gasteiger partial charge < -0.3 is 10.6 Å². The number of rotatable bonds is 3. The summed E-state index contributed by atoms with van der Waals surface area (Å²) in [6, 6.07) is 4.88. The molecule has 2 rings (SSSR count). The number of hydrogen-bond donors (Lipinski definition) is 1. The third-order valence-corrected chi connectivity index (χ3v) is 4.22. The predicted molar refractivity (Wildman–Crippen MR) is 81.9 cm³/mol. The molecule has 1 aliphatic rings. The van der Waals surface area contributed by atoms with Crippen molar-refractivity contribution in [1.29, 1.82) is 0 Å². The van der Waals surface area contributed by atoms with Gasteiger partial charge in [0, 0.05) is 36.6 Å². The van der Waals surface area contributed by atoms with Gasteiger partial charge in [0.1, 0.15) is 0 Å². The van der Waals surface area contributed by atoms with Gasteiger partial charge in [-0.25, -0.2) is 0 Å². The number of nitrogens with zero attached hydrogens (tertiary/aromatic N) is 2. The molecule has 1 aromatic carbocycles. The fraction of sp³-hybridized carbons (Fsp3) is 0.600. The molecule has 1 unspecified atom stereocenters. The Labute approximate surface area is 119 Å². The number of nitrogens with two attached hydrogens (primary N) is 1. The molecule has 0 spiro atoms. The predicted octanol–water partition coefficient (Wildman–Crippen LogP) is 3.44. The number of anilines is 2. The summed E-state index contributed by atoms with van der Waals surface area (Å²) in [5.41, 5.74) is 7.19. The Kier molecular flexibility index (Phi) is 4.47. The summed E-state index contributed by atoms with van der Waals surface area (Å²) in [7, 11) is 0. The van der Waals surface area contributed by atoms with E-state index in [0.29, 0.717) is 11.6 Å². The molecule has 20 heavy (non-hydrogen) atoms. The van der Waals surface area contributed by atoms with Crippen LogP contribution in [0.25, 0.3) is 0 Å². The summed E-state index contributed by atoms with van der Waals surface area (Å²) >= 11 is 0. The van der Waals surface area contributed by atoms with Crippen molar-refractivity contribution in [2.24, 2.45) is 11.8 Å². The minimum Gasteiger partial charge on any atom is -0.398 e. The molecule has 1 saturated heterocycles. The van der Waals surface area contributed by atoms with Crippen molar-refractivity contribution < 1.29 is 4.92 Å². The van der Waals surface area contributed by atoms with Crippen molar-refractivity contribution in [2.75, 3.05) is 23.7 Å². The number of benzene rings is 1. The summed E-state index contributed by atoms with van der Waals surface area (Å²) in [5.74, 6) is 1.45. The normalized spacial score (nSPS) is 19.9. The lowest BCUT2D eigenvalue weighted by Crippen LogP contribution is -2.24. The molecular formula is C15H23N3O2. The Balaban J connectivity index is 2.17. The van der Waals surface area contributed by atoms with E-state index in [1.54, 1.807) is 6.07 Å². The molecule has 0 bridgehead atoms. The molecule has 1 heterocycles. The van der Waals surface area contributed by atoms with Crippen molar-refractivity contribution in [3.63, 3.8) is 0 Å². The van der Waals surface area contributed by atoms with Gasteiger partial charge in [0.25, 0.3) is 5.69 Å². The molecule has 0 aromatic heterocycles. The van der Waals surface area contributed by atoms with Crippen molar-refractivity contribution in [1.82, 2.24) is 0 Å². The highest BCUT2D eigenvalue weighted by Crippen LogP contribution is 2.30. The van der Waals surface area contributed by atoms with Crippen LogP contribution in [0.2, 0.25) is 0 Å². The van der Waals surface area contributed by atoms with E-state index in [1.807, 2.05) is 6.07 Å². The molecule has 110 valence electrons. The second kappa shape index (κ2) is 6.11. The average Bonchev–Trinajstić information content (AvgIpc) is 2.63. The second-order valence-electron chi connectivity index (χ2n) is 5.96. The van der Waals surface area contributed by atoms with Crippen molar-refractivity contribution in [3.05, 3.63) is 28.3 Å². The van der Waals surface area contributed by atoms with Crippen LogP contribution in [-0.2, 0) is 0 Å². The van der Waals surface area contributed by atoms with Gasteiger partial charge in [0.05, 0.1) is 4.92 Å². The van der Waals surface area contributed by atoms with Crippen molar-refractivity contribution in [3.8, 4) is 0 Å². The molecule has 0 radical (unpaired) electrons. The van der Waals surface area contributed by atoms with Crippen LogP contribution in [0.15, 0.2) is 18.2 Å². The number of hydrogen-bond acceptors (Lipinski definition) is 4. The highest BCUT2D eigenvalue weighted by molar-refractivity contribution is 5.62. The zero-order valence-corrected chi connectivity index (χ0v) is 12.2. The summed E-state index contributed by atoms with van der Waals surface area (Å²) < 4.78 is 0. The van der Waals surface area contributed by atoms with E-state index in [4.69, 9.17) is 5.73 Å². The number of nitro benzene ring substituents is 1. The first-order valence-corrected chi connectivity index (χ1v) is 7.27. The van der Waals surface area contributed by atoms with Crippen LogP contribution < -0.4 is 10.6 Å². The first-order chi connectivity index (χ1) is 9.47. The van der Waals surface area contributed by atoms with E-state index in [0.717, 1.165) is 37.5 Å². The molecule has 0 aliphatic carbocycles. The van der Waals surface area contributed by atoms with Crippen molar-refractivity contribution in [2.45, 2.75) is 33.1 Å². The van der Waals surface area contributed by atoms with Gasteiger partial charge in [-0.05, 0) is 37.2 Å². The summed E-state index contributed by atoms with van der Waals surface area (Å²) in [4.78, 5) is 12.8. The van der Waals surface area contributed by atoms with Crippen LogP contribution >= 0.6 is 0 Å². The molecule has 2 N–H and O–H groups in total. The van der Waals surface area contributed by atoms with Crippen LogP contribution in [0.1, 0.15) is 33.1 Å². The van der Waals surface area contributed by atoms with Gasteiger partial charge in [0.15, 0.2) is 0 Å². The molecule has 5 heteroatoms. The maximum absolute atomic E-state index is 10.9. The fourth-order valence-electron chi connectivity index (χ4n) is 2.95. The van der Waals surface area contributed by atoms with E-state index < -0.39 is 0 Å². The fourth-order valence-corrected chi connectivity index (χ4v) is 2.95. The van der Waals surface area contributed by atoms with Gasteiger partial charge in [0.2, 0.25) is 0 Å². The van der Waals surface area contributed by atoms with Gasteiger partial charge in [-0.2, -0.15) is 0 Å². The number of non-ortho nitro benzene ring substituents is 1. The van der Waals surface area contributed by atoms with E-state index in [9.17, 15) is 10.1 Å². The lowest BCUT2D eigenvalue weighted by Gasteiger charge is -2.23. The highest BCUT2D eigenvalue weighted by atomic mass is 16.6. The van der Waals surface area contributed by atoms with E-state index in [2.05, 4.69) is 18.7 Å².